The Labute approximate surface area is 128 Å². The van der Waals surface area contributed by atoms with Crippen molar-refractivity contribution in [2.24, 2.45) is 5.92 Å². The maximum atomic E-state index is 5.56. The van der Waals surface area contributed by atoms with Crippen molar-refractivity contribution >= 4 is 5.82 Å². The van der Waals surface area contributed by atoms with Gasteiger partial charge in [0.05, 0.1) is 19.0 Å². The van der Waals surface area contributed by atoms with E-state index in [0.29, 0.717) is 18.5 Å². The fraction of sp³-hybridized carbons (Fsp3) is 0.750. The predicted molar refractivity (Wildman–Crippen MR) is 85.9 cm³/mol. The summed E-state index contributed by atoms with van der Waals surface area (Å²) in [5.41, 5.74) is 0. The van der Waals surface area contributed by atoms with Crippen molar-refractivity contribution in [1.82, 2.24) is 15.3 Å². The van der Waals surface area contributed by atoms with Crippen LogP contribution in [-0.2, 0) is 0 Å². The van der Waals surface area contributed by atoms with E-state index in [1.807, 2.05) is 6.20 Å². The summed E-state index contributed by atoms with van der Waals surface area (Å²) in [6, 6.07) is 0.571. The molecule has 1 aromatic rings. The van der Waals surface area contributed by atoms with Crippen molar-refractivity contribution in [1.29, 1.82) is 0 Å². The number of piperidine rings is 1. The fourth-order valence-electron chi connectivity index (χ4n) is 2.54. The second-order valence-corrected chi connectivity index (χ2v) is 6.06. The Morgan fingerprint density at radius 1 is 1.33 bits per heavy atom. The molecule has 1 aromatic heterocycles. The molecule has 1 fully saturated rings. The maximum absolute atomic E-state index is 5.56. The number of ether oxygens (including phenoxy) is 1. The summed E-state index contributed by atoms with van der Waals surface area (Å²) in [6.07, 6.45) is 6.94. The van der Waals surface area contributed by atoms with Gasteiger partial charge < -0.3 is 15.0 Å². The first-order valence-corrected chi connectivity index (χ1v) is 8.12. The molecule has 1 saturated heterocycles. The van der Waals surface area contributed by atoms with E-state index in [4.69, 9.17) is 4.74 Å². The van der Waals surface area contributed by atoms with Crippen LogP contribution in [0.1, 0.15) is 40.0 Å². The van der Waals surface area contributed by atoms with Crippen LogP contribution in [0.15, 0.2) is 12.4 Å². The van der Waals surface area contributed by atoms with Gasteiger partial charge in [-0.05, 0) is 31.7 Å². The normalized spacial score (nSPS) is 16.5. The van der Waals surface area contributed by atoms with Crippen molar-refractivity contribution in [3.05, 3.63) is 12.4 Å². The third kappa shape index (κ3) is 5.16. The molecule has 5 heteroatoms. The largest absolute Gasteiger partial charge is 0.477 e. The van der Waals surface area contributed by atoms with Crippen LogP contribution in [0.25, 0.3) is 0 Å². The van der Waals surface area contributed by atoms with Gasteiger partial charge in [-0.1, -0.05) is 20.8 Å². The molecule has 0 aromatic carbocycles. The number of hydrogen-bond donors (Lipinski definition) is 1. The molecule has 0 spiro atoms. The molecule has 21 heavy (non-hydrogen) atoms. The highest BCUT2D eigenvalue weighted by molar-refractivity contribution is 5.38. The van der Waals surface area contributed by atoms with Gasteiger partial charge in [0.2, 0.25) is 5.88 Å². The fourth-order valence-corrected chi connectivity index (χ4v) is 2.54. The molecule has 0 unspecified atom stereocenters. The van der Waals surface area contributed by atoms with Crippen LogP contribution in [0, 0.1) is 5.92 Å². The highest BCUT2D eigenvalue weighted by Gasteiger charge is 2.20. The third-order valence-corrected chi connectivity index (χ3v) is 3.81. The smallest absolute Gasteiger partial charge is 0.234 e. The van der Waals surface area contributed by atoms with Gasteiger partial charge in [-0.25, -0.2) is 0 Å². The molecule has 0 bridgehead atoms. The van der Waals surface area contributed by atoms with Crippen LogP contribution in [0.4, 0.5) is 5.82 Å². The molecule has 0 saturated carbocycles. The Morgan fingerprint density at radius 3 is 2.76 bits per heavy atom. The predicted octanol–water partition coefficient (Wildman–Crippen LogP) is 2.48. The standard InChI is InChI=1S/C16H28N4O/c1-4-9-21-16-12-17-11-15(19-16)20-7-5-14(6-8-20)10-18-13(2)3/h11-14,18H,4-10H2,1-3H3. The molecule has 1 aliphatic rings. The number of rotatable bonds is 7. The van der Waals surface area contributed by atoms with Gasteiger partial charge in [0, 0.05) is 19.1 Å². The number of hydrogen-bond acceptors (Lipinski definition) is 5. The molecule has 0 aliphatic carbocycles. The molecule has 2 rings (SSSR count). The number of anilines is 1. The molecule has 1 aliphatic heterocycles. The Balaban J connectivity index is 1.84. The first kappa shape index (κ1) is 16.0. The molecule has 2 heterocycles. The van der Waals surface area contributed by atoms with E-state index in [9.17, 15) is 0 Å². The van der Waals surface area contributed by atoms with Gasteiger partial charge in [-0.2, -0.15) is 4.98 Å². The second-order valence-electron chi connectivity index (χ2n) is 6.06. The lowest BCUT2D eigenvalue weighted by Gasteiger charge is -2.33. The lowest BCUT2D eigenvalue weighted by Crippen LogP contribution is -2.39. The van der Waals surface area contributed by atoms with Gasteiger partial charge in [0.1, 0.15) is 0 Å². The second kappa shape index (κ2) is 8.17. The zero-order valence-electron chi connectivity index (χ0n) is 13.5. The van der Waals surface area contributed by atoms with Crippen LogP contribution in [0.3, 0.4) is 0 Å². The van der Waals surface area contributed by atoms with E-state index in [0.717, 1.165) is 37.8 Å². The van der Waals surface area contributed by atoms with Crippen LogP contribution >= 0.6 is 0 Å². The number of nitrogens with zero attached hydrogens (tertiary/aromatic N) is 3. The number of nitrogens with one attached hydrogen (secondary N) is 1. The van der Waals surface area contributed by atoms with E-state index in [-0.39, 0.29) is 0 Å². The molecule has 118 valence electrons. The zero-order chi connectivity index (χ0) is 15.1. The van der Waals surface area contributed by atoms with Crippen LogP contribution in [0.2, 0.25) is 0 Å². The topological polar surface area (TPSA) is 50.3 Å². The molecule has 0 amide bonds. The van der Waals surface area contributed by atoms with Crippen LogP contribution < -0.4 is 15.0 Å². The van der Waals surface area contributed by atoms with Gasteiger partial charge >= 0.3 is 0 Å². The third-order valence-electron chi connectivity index (χ3n) is 3.81. The van der Waals surface area contributed by atoms with Gasteiger partial charge in [0.15, 0.2) is 5.82 Å². The van der Waals surface area contributed by atoms with E-state index >= 15 is 0 Å². The van der Waals surface area contributed by atoms with E-state index in [1.54, 1.807) is 6.20 Å². The van der Waals surface area contributed by atoms with Crippen molar-refractivity contribution in [2.45, 2.75) is 46.1 Å². The van der Waals surface area contributed by atoms with Crippen molar-refractivity contribution in [3.8, 4) is 5.88 Å². The first-order chi connectivity index (χ1) is 10.2. The minimum Gasteiger partial charge on any atom is -0.477 e. The monoisotopic (exact) mass is 292 g/mol. The summed E-state index contributed by atoms with van der Waals surface area (Å²) in [5, 5.41) is 3.54. The van der Waals surface area contributed by atoms with Gasteiger partial charge in [-0.3, -0.25) is 4.98 Å². The van der Waals surface area contributed by atoms with Crippen molar-refractivity contribution < 1.29 is 4.74 Å². The minimum absolute atomic E-state index is 0.571. The first-order valence-electron chi connectivity index (χ1n) is 8.12. The molecule has 0 atom stereocenters. The lowest BCUT2D eigenvalue weighted by molar-refractivity contribution is 0.303. The summed E-state index contributed by atoms with van der Waals surface area (Å²) >= 11 is 0. The summed E-state index contributed by atoms with van der Waals surface area (Å²) in [7, 11) is 0. The van der Waals surface area contributed by atoms with Crippen LogP contribution in [-0.4, -0.2) is 42.3 Å². The van der Waals surface area contributed by atoms with Gasteiger partial charge in [-0.15, -0.1) is 0 Å². The highest BCUT2D eigenvalue weighted by atomic mass is 16.5. The Hall–Kier alpha value is -1.36. The Kier molecular flexibility index (Phi) is 6.23. The Bertz CT molecular complexity index is 416. The van der Waals surface area contributed by atoms with E-state index in [1.165, 1.54) is 12.8 Å². The van der Waals surface area contributed by atoms with Gasteiger partial charge in [0.25, 0.3) is 0 Å². The molecular formula is C16H28N4O. The molecule has 0 radical (unpaired) electrons. The quantitative estimate of drug-likeness (QED) is 0.836. The summed E-state index contributed by atoms with van der Waals surface area (Å²) in [5.74, 6) is 2.35. The Morgan fingerprint density at radius 2 is 2.10 bits per heavy atom. The SMILES string of the molecule is CCCOc1cncc(N2CCC(CNC(C)C)CC2)n1. The zero-order valence-corrected chi connectivity index (χ0v) is 13.5. The van der Waals surface area contributed by atoms with Crippen molar-refractivity contribution in [2.75, 3.05) is 31.1 Å². The molecule has 1 N–H and O–H groups in total. The van der Waals surface area contributed by atoms with E-state index < -0.39 is 0 Å². The minimum atomic E-state index is 0.571. The summed E-state index contributed by atoms with van der Waals surface area (Å²) < 4.78 is 5.56. The highest BCUT2D eigenvalue weighted by Crippen LogP contribution is 2.22. The lowest BCUT2D eigenvalue weighted by atomic mass is 9.96. The summed E-state index contributed by atoms with van der Waals surface area (Å²) in [6.45, 7) is 10.4. The molecule has 5 nitrogen and oxygen atoms in total. The summed E-state index contributed by atoms with van der Waals surface area (Å²) in [4.78, 5) is 11.1. The average molecular weight is 292 g/mol. The maximum Gasteiger partial charge on any atom is 0.234 e. The van der Waals surface area contributed by atoms with E-state index in [2.05, 4.69) is 41.0 Å². The van der Waals surface area contributed by atoms with Crippen molar-refractivity contribution in [3.63, 3.8) is 0 Å². The van der Waals surface area contributed by atoms with Crippen LogP contribution in [0.5, 0.6) is 5.88 Å². The molecular weight excluding hydrogens is 264 g/mol. The number of aromatic nitrogens is 2. The average Bonchev–Trinajstić information content (AvgIpc) is 2.51.